The van der Waals surface area contributed by atoms with E-state index in [2.05, 4.69) is 68.8 Å². The smallest absolute Gasteiger partial charge is 0.194 e. The summed E-state index contributed by atoms with van der Waals surface area (Å²) in [7, 11) is 4.13. The van der Waals surface area contributed by atoms with E-state index in [1.165, 1.54) is 11.1 Å². The Morgan fingerprint density at radius 2 is 1.41 bits per heavy atom. The molecule has 0 unspecified atom stereocenters. The first-order valence-corrected chi connectivity index (χ1v) is 7.79. The van der Waals surface area contributed by atoms with Gasteiger partial charge in [0.1, 0.15) is 0 Å². The molecule has 1 aromatic rings. The molecule has 0 atom stereocenters. The summed E-state index contributed by atoms with van der Waals surface area (Å²) in [6.45, 7) is 5.39. The molecule has 0 bridgehead atoms. The Hall–Kier alpha value is -2.24. The van der Waals surface area contributed by atoms with Crippen LogP contribution in [0.1, 0.15) is 11.1 Å². The van der Waals surface area contributed by atoms with Crippen molar-refractivity contribution in [2.24, 2.45) is 9.98 Å². The Morgan fingerprint density at radius 1 is 0.909 bits per heavy atom. The number of hydrogen-bond acceptors (Lipinski definition) is 6. The van der Waals surface area contributed by atoms with E-state index in [4.69, 9.17) is 0 Å². The Bertz CT molecular complexity index is 533. The average molecular weight is 300 g/mol. The van der Waals surface area contributed by atoms with Gasteiger partial charge in [-0.1, -0.05) is 24.3 Å². The van der Waals surface area contributed by atoms with Crippen LogP contribution in [-0.2, 0) is 13.1 Å². The monoisotopic (exact) mass is 300 g/mol. The van der Waals surface area contributed by atoms with Crippen molar-refractivity contribution in [2.75, 3.05) is 40.3 Å². The molecule has 2 N–H and O–H groups in total. The highest BCUT2D eigenvalue weighted by atomic mass is 15.3. The van der Waals surface area contributed by atoms with Gasteiger partial charge in [-0.25, -0.2) is 0 Å². The predicted molar refractivity (Wildman–Crippen MR) is 90.0 cm³/mol. The van der Waals surface area contributed by atoms with Crippen molar-refractivity contribution in [3.05, 3.63) is 35.4 Å². The van der Waals surface area contributed by atoms with E-state index in [1.54, 1.807) is 0 Å². The highest BCUT2D eigenvalue weighted by Crippen LogP contribution is 2.07. The molecular weight excluding hydrogens is 276 g/mol. The van der Waals surface area contributed by atoms with Crippen LogP contribution in [0.25, 0.3) is 0 Å². The van der Waals surface area contributed by atoms with Crippen LogP contribution in [0.15, 0.2) is 34.3 Å². The fourth-order valence-electron chi connectivity index (χ4n) is 2.66. The van der Waals surface area contributed by atoms with Gasteiger partial charge in [0, 0.05) is 40.3 Å². The molecule has 0 amide bonds. The molecule has 0 fully saturated rings. The van der Waals surface area contributed by atoms with Crippen LogP contribution in [0.2, 0.25) is 0 Å². The van der Waals surface area contributed by atoms with Crippen molar-refractivity contribution < 1.29 is 0 Å². The van der Waals surface area contributed by atoms with Gasteiger partial charge in [0.15, 0.2) is 11.9 Å². The van der Waals surface area contributed by atoms with Gasteiger partial charge in [0.05, 0.1) is 13.1 Å². The topological polar surface area (TPSA) is 55.3 Å². The summed E-state index contributed by atoms with van der Waals surface area (Å²) in [5.74, 6) is 1.98. The van der Waals surface area contributed by atoms with Crippen LogP contribution in [0.5, 0.6) is 0 Å². The van der Waals surface area contributed by atoms with Crippen molar-refractivity contribution in [1.82, 2.24) is 20.4 Å². The van der Waals surface area contributed by atoms with Gasteiger partial charge in [-0.05, 0) is 11.1 Å². The molecule has 3 rings (SSSR count). The number of likely N-dealkylation sites (N-methyl/N-ethyl adjacent to an activating group) is 2. The van der Waals surface area contributed by atoms with Crippen molar-refractivity contribution >= 4 is 11.9 Å². The molecular formula is C16H24N6. The zero-order valence-corrected chi connectivity index (χ0v) is 13.3. The number of nitrogens with zero attached hydrogens (tertiary/aromatic N) is 4. The second-order valence-electron chi connectivity index (χ2n) is 5.78. The lowest BCUT2D eigenvalue weighted by Crippen LogP contribution is -2.35. The first kappa shape index (κ1) is 14.7. The Labute approximate surface area is 131 Å². The number of hydrogen-bond donors (Lipinski definition) is 2. The molecule has 22 heavy (non-hydrogen) atoms. The van der Waals surface area contributed by atoms with Crippen LogP contribution < -0.4 is 10.6 Å². The Morgan fingerprint density at radius 3 is 1.82 bits per heavy atom. The van der Waals surface area contributed by atoms with E-state index < -0.39 is 0 Å². The number of nitrogens with one attached hydrogen (secondary N) is 2. The molecule has 6 nitrogen and oxygen atoms in total. The highest BCUT2D eigenvalue weighted by molar-refractivity contribution is 5.81. The van der Waals surface area contributed by atoms with Crippen molar-refractivity contribution in [1.29, 1.82) is 0 Å². The first-order chi connectivity index (χ1) is 10.7. The van der Waals surface area contributed by atoms with Gasteiger partial charge in [-0.15, -0.1) is 0 Å². The molecule has 0 saturated carbocycles. The van der Waals surface area contributed by atoms with E-state index >= 15 is 0 Å². The average Bonchev–Trinajstić information content (AvgIpc) is 3.12. The van der Waals surface area contributed by atoms with E-state index in [9.17, 15) is 0 Å². The van der Waals surface area contributed by atoms with E-state index in [-0.39, 0.29) is 0 Å². The maximum Gasteiger partial charge on any atom is 0.194 e. The van der Waals surface area contributed by atoms with Gasteiger partial charge in [0.2, 0.25) is 0 Å². The van der Waals surface area contributed by atoms with E-state index in [0.29, 0.717) is 0 Å². The number of benzene rings is 1. The Kier molecular flexibility index (Phi) is 4.46. The van der Waals surface area contributed by atoms with Crippen LogP contribution >= 0.6 is 0 Å². The lowest BCUT2D eigenvalue weighted by atomic mass is 10.1. The molecule has 1 aromatic carbocycles. The van der Waals surface area contributed by atoms with Crippen molar-refractivity contribution in [2.45, 2.75) is 13.1 Å². The lowest BCUT2D eigenvalue weighted by molar-refractivity contribution is 0.533. The van der Waals surface area contributed by atoms with Crippen LogP contribution in [0, 0.1) is 0 Å². The first-order valence-electron chi connectivity index (χ1n) is 7.79. The summed E-state index contributed by atoms with van der Waals surface area (Å²) >= 11 is 0. The van der Waals surface area contributed by atoms with Gasteiger partial charge in [-0.3, -0.25) is 9.98 Å². The molecule has 0 saturated heterocycles. The zero-order valence-electron chi connectivity index (χ0n) is 13.3. The molecule has 0 aromatic heterocycles. The third-order valence-electron chi connectivity index (χ3n) is 4.01. The number of rotatable bonds is 4. The summed E-state index contributed by atoms with van der Waals surface area (Å²) in [5.41, 5.74) is 2.54. The maximum absolute atomic E-state index is 4.45. The normalized spacial score (nSPS) is 17.5. The molecule has 2 aliphatic heterocycles. The Balaban J connectivity index is 1.53. The third kappa shape index (κ3) is 3.50. The SMILES string of the molecule is CN1CCN=C1NCc1cccc(CNC2=NCCN2C)c1. The van der Waals surface area contributed by atoms with E-state index in [0.717, 1.165) is 51.2 Å². The summed E-state index contributed by atoms with van der Waals surface area (Å²) in [6, 6.07) is 8.62. The lowest BCUT2D eigenvalue weighted by Gasteiger charge is -2.16. The largest absolute Gasteiger partial charge is 0.352 e. The van der Waals surface area contributed by atoms with Gasteiger partial charge >= 0.3 is 0 Å². The van der Waals surface area contributed by atoms with Gasteiger partial charge in [-0.2, -0.15) is 0 Å². The van der Waals surface area contributed by atoms with E-state index in [1.807, 2.05) is 0 Å². The van der Waals surface area contributed by atoms with Gasteiger partial charge < -0.3 is 20.4 Å². The number of aliphatic imine (C=N–C) groups is 2. The summed E-state index contributed by atoms with van der Waals surface area (Å²) in [4.78, 5) is 13.2. The van der Waals surface area contributed by atoms with Crippen LogP contribution in [-0.4, -0.2) is 62.0 Å². The van der Waals surface area contributed by atoms with Crippen molar-refractivity contribution in [3.63, 3.8) is 0 Å². The minimum absolute atomic E-state index is 0.803. The fraction of sp³-hybridized carbons (Fsp3) is 0.500. The molecule has 118 valence electrons. The predicted octanol–water partition coefficient (Wildman–Crippen LogP) is 0.469. The summed E-state index contributed by atoms with van der Waals surface area (Å²) in [6.07, 6.45) is 0. The standard InChI is InChI=1S/C16H24N6/c1-21-8-6-17-15(21)19-11-13-4-3-5-14(10-13)12-20-16-18-7-9-22(16)2/h3-5,10H,6-9,11-12H2,1-2H3,(H,17,19)(H,18,20). The van der Waals surface area contributed by atoms with Crippen LogP contribution in [0.4, 0.5) is 0 Å². The quantitative estimate of drug-likeness (QED) is 0.849. The molecule has 2 heterocycles. The zero-order chi connectivity index (χ0) is 15.4. The summed E-state index contributed by atoms with van der Waals surface area (Å²) in [5, 5.41) is 6.81. The van der Waals surface area contributed by atoms with Crippen molar-refractivity contribution in [3.8, 4) is 0 Å². The molecule has 0 radical (unpaired) electrons. The minimum atomic E-state index is 0.803. The molecule has 0 aliphatic carbocycles. The molecule has 0 spiro atoms. The second-order valence-corrected chi connectivity index (χ2v) is 5.78. The second kappa shape index (κ2) is 6.68. The third-order valence-corrected chi connectivity index (χ3v) is 4.01. The van der Waals surface area contributed by atoms with Gasteiger partial charge in [0.25, 0.3) is 0 Å². The maximum atomic E-state index is 4.45. The minimum Gasteiger partial charge on any atom is -0.352 e. The summed E-state index contributed by atoms with van der Waals surface area (Å²) < 4.78 is 0. The fourth-order valence-corrected chi connectivity index (χ4v) is 2.66. The highest BCUT2D eigenvalue weighted by Gasteiger charge is 2.12. The molecule has 6 heteroatoms. The number of guanidine groups is 2. The molecule has 2 aliphatic rings. The van der Waals surface area contributed by atoms with Crippen LogP contribution in [0.3, 0.4) is 0 Å².